The molecule has 4 rings (SSSR count). The molecule has 0 saturated carbocycles. The Morgan fingerprint density at radius 1 is 1.11 bits per heavy atom. The molecule has 1 amide bonds. The Bertz CT molecular complexity index is 1120. The lowest BCUT2D eigenvalue weighted by Crippen LogP contribution is -2.13. The minimum Gasteiger partial charge on any atom is -0.419 e. The molecule has 0 aliphatic rings. The van der Waals surface area contributed by atoms with Gasteiger partial charge in [0.15, 0.2) is 5.69 Å². The zero-order valence-electron chi connectivity index (χ0n) is 14.0. The van der Waals surface area contributed by atoms with Crippen LogP contribution < -0.4 is 11.1 Å². The molecule has 2 aromatic heterocycles. The van der Waals surface area contributed by atoms with E-state index in [1.807, 2.05) is 0 Å². The number of rotatable bonds is 5. The monoisotopic (exact) mass is 383 g/mol. The Morgan fingerprint density at radius 2 is 1.82 bits per heavy atom. The molecule has 140 valence electrons. The summed E-state index contributed by atoms with van der Waals surface area (Å²) in [6.45, 7) is 0. The van der Waals surface area contributed by atoms with Crippen molar-refractivity contribution in [2.75, 3.05) is 5.32 Å². The van der Waals surface area contributed by atoms with Crippen molar-refractivity contribution in [1.82, 2.24) is 25.6 Å². The smallest absolute Gasteiger partial charge is 0.273 e. The van der Waals surface area contributed by atoms with Crippen LogP contribution in [0.2, 0.25) is 0 Å². The number of hydrogen-bond donors (Lipinski definition) is 3. The third-order valence-electron chi connectivity index (χ3n) is 3.78. The van der Waals surface area contributed by atoms with E-state index >= 15 is 0 Å². The SMILES string of the molecule is NC(=O)c1nc(-c2c(F)cccc2F)oc1Nc1ccc(-c2nn[nH]n2)cc1. The van der Waals surface area contributed by atoms with Gasteiger partial charge >= 0.3 is 0 Å². The summed E-state index contributed by atoms with van der Waals surface area (Å²) in [5, 5.41) is 16.4. The molecule has 0 aliphatic carbocycles. The van der Waals surface area contributed by atoms with Crippen LogP contribution in [0.1, 0.15) is 10.5 Å². The van der Waals surface area contributed by atoms with Gasteiger partial charge in [-0.1, -0.05) is 6.07 Å². The van der Waals surface area contributed by atoms with Gasteiger partial charge in [-0.15, -0.1) is 10.2 Å². The van der Waals surface area contributed by atoms with Gasteiger partial charge in [0.05, 0.1) is 0 Å². The number of H-pyrrole nitrogens is 1. The average molecular weight is 383 g/mol. The number of oxazole rings is 1. The van der Waals surface area contributed by atoms with Crippen LogP contribution in [0.5, 0.6) is 0 Å². The number of amides is 1. The Kier molecular flexibility index (Phi) is 4.24. The van der Waals surface area contributed by atoms with E-state index < -0.39 is 29.0 Å². The van der Waals surface area contributed by atoms with Gasteiger partial charge in [-0.2, -0.15) is 5.21 Å². The zero-order chi connectivity index (χ0) is 19.7. The molecule has 0 radical (unpaired) electrons. The summed E-state index contributed by atoms with van der Waals surface area (Å²) in [5.41, 5.74) is 5.72. The predicted octanol–water partition coefficient (Wildman–Crippen LogP) is 2.64. The number of primary amides is 1. The van der Waals surface area contributed by atoms with E-state index in [1.54, 1.807) is 24.3 Å². The van der Waals surface area contributed by atoms with E-state index in [0.717, 1.165) is 12.1 Å². The molecule has 0 bridgehead atoms. The fourth-order valence-electron chi connectivity index (χ4n) is 2.50. The van der Waals surface area contributed by atoms with Crippen molar-refractivity contribution in [1.29, 1.82) is 0 Å². The quantitative estimate of drug-likeness (QED) is 0.482. The van der Waals surface area contributed by atoms with E-state index in [4.69, 9.17) is 10.2 Å². The third kappa shape index (κ3) is 3.16. The van der Waals surface area contributed by atoms with Crippen LogP contribution in [-0.2, 0) is 0 Å². The second-order valence-electron chi connectivity index (χ2n) is 5.60. The van der Waals surface area contributed by atoms with E-state index in [-0.39, 0.29) is 11.6 Å². The lowest BCUT2D eigenvalue weighted by atomic mass is 10.2. The average Bonchev–Trinajstić information content (AvgIpc) is 3.33. The van der Waals surface area contributed by atoms with Gasteiger partial charge in [-0.25, -0.2) is 13.8 Å². The number of hydrogen-bond acceptors (Lipinski definition) is 7. The summed E-state index contributed by atoms with van der Waals surface area (Å²) < 4.78 is 33.4. The first-order valence-electron chi connectivity index (χ1n) is 7.89. The van der Waals surface area contributed by atoms with Crippen molar-refractivity contribution in [3.8, 4) is 22.8 Å². The maximum absolute atomic E-state index is 14.0. The normalized spacial score (nSPS) is 10.8. The lowest BCUT2D eigenvalue weighted by molar-refractivity contribution is 0.0996. The first-order valence-corrected chi connectivity index (χ1v) is 7.89. The largest absolute Gasteiger partial charge is 0.419 e. The van der Waals surface area contributed by atoms with Crippen LogP contribution in [0.25, 0.3) is 22.8 Å². The number of nitrogens with two attached hydrogens (primary N) is 1. The summed E-state index contributed by atoms with van der Waals surface area (Å²) >= 11 is 0. The van der Waals surface area contributed by atoms with E-state index in [9.17, 15) is 13.6 Å². The molecule has 0 unspecified atom stereocenters. The van der Waals surface area contributed by atoms with Crippen LogP contribution >= 0.6 is 0 Å². The van der Waals surface area contributed by atoms with Crippen LogP contribution in [0, 0.1) is 11.6 Å². The Morgan fingerprint density at radius 3 is 2.43 bits per heavy atom. The van der Waals surface area contributed by atoms with Gasteiger partial charge in [0.2, 0.25) is 17.6 Å². The van der Waals surface area contributed by atoms with Crippen LogP contribution in [0.15, 0.2) is 46.9 Å². The maximum atomic E-state index is 14.0. The van der Waals surface area contributed by atoms with Crippen molar-refractivity contribution < 1.29 is 18.0 Å². The molecule has 0 saturated heterocycles. The van der Waals surface area contributed by atoms with Gasteiger partial charge in [0.1, 0.15) is 17.2 Å². The molecule has 11 heteroatoms. The molecule has 9 nitrogen and oxygen atoms in total. The molecular weight excluding hydrogens is 372 g/mol. The van der Waals surface area contributed by atoms with Gasteiger partial charge in [0.25, 0.3) is 5.91 Å². The van der Waals surface area contributed by atoms with Gasteiger partial charge in [0, 0.05) is 11.3 Å². The molecule has 0 aliphatic heterocycles. The van der Waals surface area contributed by atoms with E-state index in [2.05, 4.69) is 30.9 Å². The van der Waals surface area contributed by atoms with Gasteiger partial charge in [-0.3, -0.25) is 4.79 Å². The Balaban J connectivity index is 1.68. The van der Waals surface area contributed by atoms with Crippen molar-refractivity contribution in [3.63, 3.8) is 0 Å². The third-order valence-corrected chi connectivity index (χ3v) is 3.78. The molecule has 0 spiro atoms. The fourth-order valence-corrected chi connectivity index (χ4v) is 2.50. The number of tetrazole rings is 1. The van der Waals surface area contributed by atoms with Crippen molar-refractivity contribution in [2.45, 2.75) is 0 Å². The molecule has 4 N–H and O–H groups in total. The van der Waals surface area contributed by atoms with E-state index in [0.29, 0.717) is 17.1 Å². The Hall–Kier alpha value is -4.15. The van der Waals surface area contributed by atoms with Crippen LogP contribution in [0.3, 0.4) is 0 Å². The number of halogens is 2. The summed E-state index contributed by atoms with van der Waals surface area (Å²) in [6, 6.07) is 10.0. The van der Waals surface area contributed by atoms with Crippen molar-refractivity contribution >= 4 is 17.5 Å². The maximum Gasteiger partial charge on any atom is 0.273 e. The van der Waals surface area contributed by atoms with Crippen molar-refractivity contribution in [2.24, 2.45) is 5.73 Å². The predicted molar refractivity (Wildman–Crippen MR) is 93.3 cm³/mol. The van der Waals surface area contributed by atoms with Gasteiger partial charge < -0.3 is 15.5 Å². The van der Waals surface area contributed by atoms with Crippen LogP contribution in [0.4, 0.5) is 20.4 Å². The summed E-state index contributed by atoms with van der Waals surface area (Å²) in [6.07, 6.45) is 0. The lowest BCUT2D eigenvalue weighted by Gasteiger charge is -2.04. The first kappa shape index (κ1) is 17.3. The minimum atomic E-state index is -0.919. The van der Waals surface area contributed by atoms with Crippen molar-refractivity contribution in [3.05, 3.63) is 59.8 Å². The highest BCUT2D eigenvalue weighted by Crippen LogP contribution is 2.31. The van der Waals surface area contributed by atoms with Gasteiger partial charge in [-0.05, 0) is 41.6 Å². The molecular formula is C17H11F2N7O2. The number of benzene rings is 2. The zero-order valence-corrected chi connectivity index (χ0v) is 14.0. The Labute approximate surface area is 155 Å². The molecule has 2 heterocycles. The fraction of sp³-hybridized carbons (Fsp3) is 0. The number of aromatic nitrogens is 5. The molecule has 28 heavy (non-hydrogen) atoms. The molecule has 0 atom stereocenters. The molecule has 2 aromatic carbocycles. The second-order valence-corrected chi connectivity index (χ2v) is 5.60. The van der Waals surface area contributed by atoms with Crippen LogP contribution in [-0.4, -0.2) is 31.5 Å². The number of nitrogens with one attached hydrogen (secondary N) is 2. The second kappa shape index (κ2) is 6.87. The number of nitrogens with zero attached hydrogens (tertiary/aromatic N) is 4. The topological polar surface area (TPSA) is 136 Å². The molecule has 0 fully saturated rings. The standard InChI is InChI=1S/C17H11F2N7O2/c18-10-2-1-3-11(19)12(10)16-22-13(14(20)27)17(28-16)21-9-6-4-8(5-7-9)15-23-25-26-24-15/h1-7,21H,(H2,20,27)(H,23,24,25,26). The molecule has 4 aromatic rings. The van der Waals surface area contributed by atoms with E-state index in [1.165, 1.54) is 6.07 Å². The summed E-state index contributed by atoms with van der Waals surface area (Å²) in [4.78, 5) is 15.5. The number of anilines is 2. The highest BCUT2D eigenvalue weighted by atomic mass is 19.1. The highest BCUT2D eigenvalue weighted by Gasteiger charge is 2.23. The minimum absolute atomic E-state index is 0.141. The number of aromatic amines is 1. The summed E-state index contributed by atoms with van der Waals surface area (Å²) in [5.74, 6) is -2.83. The summed E-state index contributed by atoms with van der Waals surface area (Å²) in [7, 11) is 0. The number of carbonyl (C=O) groups is 1. The first-order chi connectivity index (χ1) is 13.5. The number of carbonyl (C=O) groups excluding carboxylic acids is 1. The highest BCUT2D eigenvalue weighted by molar-refractivity contribution is 5.96.